The highest BCUT2D eigenvalue weighted by molar-refractivity contribution is 5.44. The number of phenols is 1. The van der Waals surface area contributed by atoms with Gasteiger partial charge in [-0.2, -0.15) is 0 Å². The molecule has 3 aliphatic rings. The zero-order chi connectivity index (χ0) is 12.2. The number of benzene rings is 1. The first kappa shape index (κ1) is 10.8. The predicted molar refractivity (Wildman–Crippen MR) is 70.2 cm³/mol. The Balaban J connectivity index is 1.91. The van der Waals surface area contributed by atoms with Crippen LogP contribution in [-0.4, -0.2) is 22.7 Å². The molecule has 0 amide bonds. The van der Waals surface area contributed by atoms with Gasteiger partial charge < -0.3 is 5.11 Å². The van der Waals surface area contributed by atoms with E-state index in [1.807, 2.05) is 12.1 Å². The van der Waals surface area contributed by atoms with E-state index in [0.29, 0.717) is 17.2 Å². The van der Waals surface area contributed by atoms with Gasteiger partial charge >= 0.3 is 0 Å². The summed E-state index contributed by atoms with van der Waals surface area (Å²) in [5.41, 5.74) is 6.71. The third-order valence-corrected chi connectivity index (χ3v) is 5.22. The van der Waals surface area contributed by atoms with Crippen LogP contribution < -0.4 is 5.43 Å². The van der Waals surface area contributed by atoms with E-state index in [1.165, 1.54) is 43.2 Å². The second-order valence-electron chi connectivity index (χ2n) is 6.05. The third kappa shape index (κ3) is 1.32. The van der Waals surface area contributed by atoms with E-state index in [4.69, 9.17) is 0 Å². The minimum atomic E-state index is 0.301. The maximum Gasteiger partial charge on any atom is 0.115 e. The molecule has 0 aromatic heterocycles. The fraction of sp³-hybridized carbons (Fsp3) is 0.600. The summed E-state index contributed by atoms with van der Waals surface area (Å²) in [6, 6.07) is 6.61. The first-order chi connectivity index (χ1) is 8.79. The summed E-state index contributed by atoms with van der Waals surface area (Å²) in [5.74, 6) is 0.430. The standard InChI is InChI=1S/C15H20N2O/c18-12-5-4-11-10-17-14-3-1-2-6-15(14,7-8-16-17)13(11)9-12/h4-5,9,14,16,18H,1-3,6-8,10H2/t14-,15+/m1/s1. The lowest BCUT2D eigenvalue weighted by molar-refractivity contribution is -0.0279. The molecule has 3 heteroatoms. The maximum absolute atomic E-state index is 9.84. The first-order valence-electron chi connectivity index (χ1n) is 7.12. The Labute approximate surface area is 108 Å². The summed E-state index contributed by atoms with van der Waals surface area (Å²) in [6.07, 6.45) is 6.47. The third-order valence-electron chi connectivity index (χ3n) is 5.22. The molecule has 1 saturated carbocycles. The van der Waals surface area contributed by atoms with Crippen LogP contribution in [0, 0.1) is 0 Å². The van der Waals surface area contributed by atoms with Gasteiger partial charge in [0.05, 0.1) is 0 Å². The molecule has 18 heavy (non-hydrogen) atoms. The van der Waals surface area contributed by atoms with Crippen molar-refractivity contribution in [2.75, 3.05) is 6.54 Å². The highest BCUT2D eigenvalue weighted by Crippen LogP contribution is 2.50. The van der Waals surface area contributed by atoms with Gasteiger partial charge in [-0.15, -0.1) is 0 Å². The van der Waals surface area contributed by atoms with Crippen molar-refractivity contribution in [3.8, 4) is 5.75 Å². The average Bonchev–Trinajstić information content (AvgIpc) is 2.40. The Morgan fingerprint density at radius 1 is 1.28 bits per heavy atom. The monoisotopic (exact) mass is 244 g/mol. The fourth-order valence-electron chi connectivity index (χ4n) is 4.46. The zero-order valence-corrected chi connectivity index (χ0v) is 10.7. The van der Waals surface area contributed by atoms with Gasteiger partial charge in [0.15, 0.2) is 0 Å². The quantitative estimate of drug-likeness (QED) is 0.735. The normalized spacial score (nSPS) is 37.8. The molecule has 1 aromatic rings. The largest absolute Gasteiger partial charge is 0.508 e. The molecule has 0 radical (unpaired) electrons. The SMILES string of the molecule is Oc1ccc2c(c1)[C@@]13CCCC[C@H]1[N@@](C2)NCC3. The number of aromatic hydroxyl groups is 1. The van der Waals surface area contributed by atoms with E-state index in [9.17, 15) is 5.11 Å². The van der Waals surface area contributed by atoms with Crippen LogP contribution in [0.4, 0.5) is 0 Å². The number of hydrogen-bond donors (Lipinski definition) is 2. The van der Waals surface area contributed by atoms with Crippen LogP contribution in [0.25, 0.3) is 0 Å². The first-order valence-corrected chi connectivity index (χ1v) is 7.12. The van der Waals surface area contributed by atoms with Crippen molar-refractivity contribution in [2.24, 2.45) is 0 Å². The van der Waals surface area contributed by atoms with Gasteiger partial charge in [0.2, 0.25) is 0 Å². The number of fused-ring (bicyclic) bond motifs is 1. The Hall–Kier alpha value is -1.06. The second-order valence-corrected chi connectivity index (χ2v) is 6.05. The molecule has 1 saturated heterocycles. The van der Waals surface area contributed by atoms with Gasteiger partial charge in [-0.1, -0.05) is 18.9 Å². The topological polar surface area (TPSA) is 35.5 Å². The highest BCUT2D eigenvalue weighted by Gasteiger charge is 2.50. The number of rotatable bonds is 0. The van der Waals surface area contributed by atoms with Crippen molar-refractivity contribution in [1.82, 2.24) is 10.4 Å². The Morgan fingerprint density at radius 2 is 2.22 bits per heavy atom. The molecule has 0 unspecified atom stereocenters. The van der Waals surface area contributed by atoms with Crippen LogP contribution >= 0.6 is 0 Å². The number of hydrogen-bond acceptors (Lipinski definition) is 3. The molecule has 3 atom stereocenters. The van der Waals surface area contributed by atoms with Crippen LogP contribution in [0.3, 0.4) is 0 Å². The van der Waals surface area contributed by atoms with Crippen molar-refractivity contribution >= 4 is 0 Å². The van der Waals surface area contributed by atoms with E-state index < -0.39 is 0 Å². The smallest absolute Gasteiger partial charge is 0.115 e. The molecule has 2 N–H and O–H groups in total. The van der Waals surface area contributed by atoms with Crippen molar-refractivity contribution in [3.05, 3.63) is 29.3 Å². The highest BCUT2D eigenvalue weighted by atomic mass is 16.3. The zero-order valence-electron chi connectivity index (χ0n) is 10.7. The van der Waals surface area contributed by atoms with Crippen molar-refractivity contribution < 1.29 is 5.11 Å². The summed E-state index contributed by atoms with van der Waals surface area (Å²) in [5, 5.41) is 12.3. The van der Waals surface area contributed by atoms with Gasteiger partial charge in [0, 0.05) is 24.5 Å². The van der Waals surface area contributed by atoms with Crippen molar-refractivity contribution in [1.29, 1.82) is 0 Å². The van der Waals surface area contributed by atoms with E-state index in [2.05, 4.69) is 16.5 Å². The van der Waals surface area contributed by atoms with Crippen LogP contribution in [0.15, 0.2) is 18.2 Å². The average molecular weight is 244 g/mol. The minimum absolute atomic E-state index is 0.301. The van der Waals surface area contributed by atoms with E-state index in [0.717, 1.165) is 13.1 Å². The molecule has 0 spiro atoms. The lowest BCUT2D eigenvalue weighted by Gasteiger charge is -2.57. The second kappa shape index (κ2) is 3.72. The molecular formula is C15H20N2O. The number of hydrazine groups is 1. The molecule has 1 aliphatic carbocycles. The molecular weight excluding hydrogens is 224 g/mol. The molecule has 2 bridgehead atoms. The lowest BCUT2D eigenvalue weighted by atomic mass is 9.60. The number of nitrogens with one attached hydrogen (secondary N) is 1. The molecule has 3 nitrogen and oxygen atoms in total. The Bertz CT molecular complexity index is 483. The van der Waals surface area contributed by atoms with Crippen LogP contribution in [-0.2, 0) is 12.0 Å². The van der Waals surface area contributed by atoms with E-state index in [1.54, 1.807) is 0 Å². The van der Waals surface area contributed by atoms with Gasteiger partial charge in [0.1, 0.15) is 5.75 Å². The summed E-state index contributed by atoms with van der Waals surface area (Å²) in [4.78, 5) is 0. The molecule has 1 aromatic carbocycles. The maximum atomic E-state index is 9.84. The fourth-order valence-corrected chi connectivity index (χ4v) is 4.46. The lowest BCUT2D eigenvalue weighted by Crippen LogP contribution is -2.64. The molecule has 4 rings (SSSR count). The molecule has 2 aliphatic heterocycles. The molecule has 2 heterocycles. The van der Waals surface area contributed by atoms with Gasteiger partial charge in [-0.3, -0.25) is 5.43 Å². The summed E-state index contributed by atoms with van der Waals surface area (Å²) >= 11 is 0. The van der Waals surface area contributed by atoms with Crippen molar-refractivity contribution in [2.45, 2.75) is 50.1 Å². The molecule has 2 fully saturated rings. The minimum Gasteiger partial charge on any atom is -0.508 e. The van der Waals surface area contributed by atoms with Crippen LogP contribution in [0.5, 0.6) is 5.75 Å². The Morgan fingerprint density at radius 3 is 3.17 bits per heavy atom. The molecule has 96 valence electrons. The van der Waals surface area contributed by atoms with Crippen LogP contribution in [0.2, 0.25) is 0 Å². The van der Waals surface area contributed by atoms with Crippen molar-refractivity contribution in [3.63, 3.8) is 0 Å². The van der Waals surface area contributed by atoms with E-state index in [-0.39, 0.29) is 0 Å². The van der Waals surface area contributed by atoms with Gasteiger partial charge in [-0.05, 0) is 42.5 Å². The summed E-state index contributed by atoms with van der Waals surface area (Å²) < 4.78 is 0. The van der Waals surface area contributed by atoms with Gasteiger partial charge in [0.25, 0.3) is 0 Å². The Kier molecular flexibility index (Phi) is 2.24. The summed E-state index contributed by atoms with van der Waals surface area (Å²) in [6.45, 7) is 2.06. The van der Waals surface area contributed by atoms with Crippen LogP contribution in [0.1, 0.15) is 43.2 Å². The summed E-state index contributed by atoms with van der Waals surface area (Å²) in [7, 11) is 0. The predicted octanol–water partition coefficient (Wildman–Crippen LogP) is 2.30. The van der Waals surface area contributed by atoms with E-state index >= 15 is 0 Å². The number of nitrogens with zero attached hydrogens (tertiary/aromatic N) is 1. The number of phenolic OH excluding ortho intramolecular Hbond substituents is 1. The van der Waals surface area contributed by atoms with Gasteiger partial charge in [-0.25, -0.2) is 5.01 Å².